The molecule has 3 N–H and O–H groups in total. The van der Waals surface area contributed by atoms with Crippen molar-refractivity contribution in [1.29, 1.82) is 0 Å². The van der Waals surface area contributed by atoms with E-state index in [-0.39, 0.29) is 10.9 Å². The molecular weight excluding hydrogens is 314 g/mol. The average molecular weight is 335 g/mol. The predicted octanol–water partition coefficient (Wildman–Crippen LogP) is 0.570. The fraction of sp³-hybridized carbons (Fsp3) is 0.500. The van der Waals surface area contributed by atoms with E-state index in [1.54, 1.807) is 20.8 Å². The number of sulfonamides is 1. The zero-order chi connectivity index (χ0) is 16.4. The minimum absolute atomic E-state index is 0.0133. The van der Waals surface area contributed by atoms with Gasteiger partial charge in [0.25, 0.3) is 10.2 Å². The fourth-order valence-corrected chi connectivity index (χ4v) is 3.42. The van der Waals surface area contributed by atoms with Gasteiger partial charge in [-0.15, -0.1) is 0 Å². The van der Waals surface area contributed by atoms with Gasteiger partial charge in [0.2, 0.25) is 10.0 Å². The second kappa shape index (κ2) is 6.41. The molecule has 0 saturated heterocycles. The lowest BCUT2D eigenvalue weighted by Gasteiger charge is -2.24. The lowest BCUT2D eigenvalue weighted by molar-refractivity contribution is 0.398. The maximum atomic E-state index is 12.1. The SMILES string of the molecule is CC(NS(=O)(=O)N(C)C(C)C)c1ccc(S(N)(=O)=O)cc1. The number of benzene rings is 1. The van der Waals surface area contributed by atoms with Gasteiger partial charge in [0.15, 0.2) is 0 Å². The van der Waals surface area contributed by atoms with E-state index >= 15 is 0 Å². The van der Waals surface area contributed by atoms with E-state index in [2.05, 4.69) is 4.72 Å². The van der Waals surface area contributed by atoms with Crippen LogP contribution in [-0.2, 0) is 20.2 Å². The smallest absolute Gasteiger partial charge is 0.225 e. The van der Waals surface area contributed by atoms with Crippen molar-refractivity contribution in [3.8, 4) is 0 Å². The molecule has 1 rings (SSSR count). The zero-order valence-electron chi connectivity index (χ0n) is 12.4. The van der Waals surface area contributed by atoms with Gasteiger partial charge in [0.1, 0.15) is 0 Å². The van der Waals surface area contributed by atoms with Crippen LogP contribution in [0.3, 0.4) is 0 Å². The Balaban J connectivity index is 2.93. The maximum Gasteiger partial charge on any atom is 0.279 e. The van der Waals surface area contributed by atoms with Gasteiger partial charge in [0, 0.05) is 19.1 Å². The molecule has 120 valence electrons. The zero-order valence-corrected chi connectivity index (χ0v) is 14.1. The van der Waals surface area contributed by atoms with Gasteiger partial charge in [0.05, 0.1) is 4.90 Å². The van der Waals surface area contributed by atoms with Crippen LogP contribution >= 0.6 is 0 Å². The molecular formula is C12H21N3O4S2. The Morgan fingerprint density at radius 1 is 1.05 bits per heavy atom. The largest absolute Gasteiger partial charge is 0.279 e. The maximum absolute atomic E-state index is 12.1. The molecule has 0 amide bonds. The summed E-state index contributed by atoms with van der Waals surface area (Å²) in [7, 11) is -5.87. The van der Waals surface area contributed by atoms with Crippen LogP contribution in [0.4, 0.5) is 0 Å². The van der Waals surface area contributed by atoms with Gasteiger partial charge in [-0.25, -0.2) is 13.6 Å². The fourth-order valence-electron chi connectivity index (χ4n) is 1.60. The Bertz CT molecular complexity index is 682. The van der Waals surface area contributed by atoms with Crippen molar-refractivity contribution in [2.24, 2.45) is 5.14 Å². The number of nitrogens with zero attached hydrogens (tertiary/aromatic N) is 1. The van der Waals surface area contributed by atoms with E-state index in [1.165, 1.54) is 35.6 Å². The summed E-state index contributed by atoms with van der Waals surface area (Å²) >= 11 is 0. The van der Waals surface area contributed by atoms with Crippen LogP contribution in [0.1, 0.15) is 32.4 Å². The predicted molar refractivity (Wildman–Crippen MR) is 81.2 cm³/mol. The minimum Gasteiger partial charge on any atom is -0.225 e. The number of nitrogens with two attached hydrogens (primary N) is 1. The highest BCUT2D eigenvalue weighted by atomic mass is 32.2. The molecule has 0 aliphatic heterocycles. The van der Waals surface area contributed by atoms with E-state index in [9.17, 15) is 16.8 Å². The molecule has 9 heteroatoms. The van der Waals surface area contributed by atoms with Crippen LogP contribution in [0.15, 0.2) is 29.2 Å². The van der Waals surface area contributed by atoms with E-state index in [0.717, 1.165) is 0 Å². The van der Waals surface area contributed by atoms with Gasteiger partial charge >= 0.3 is 0 Å². The summed E-state index contributed by atoms with van der Waals surface area (Å²) in [5.41, 5.74) is 0.642. The van der Waals surface area contributed by atoms with Crippen LogP contribution < -0.4 is 9.86 Å². The Hall–Kier alpha value is -1.00. The van der Waals surface area contributed by atoms with Crippen molar-refractivity contribution in [2.45, 2.75) is 37.8 Å². The normalized spacial score (nSPS) is 14.6. The minimum atomic E-state index is -3.75. The standard InChI is InChI=1S/C12H21N3O4S2/c1-9(2)15(4)21(18,19)14-10(3)11-5-7-12(8-6-11)20(13,16)17/h5-10,14H,1-4H3,(H2,13,16,17). The lowest BCUT2D eigenvalue weighted by atomic mass is 10.1. The highest BCUT2D eigenvalue weighted by Gasteiger charge is 2.23. The van der Waals surface area contributed by atoms with Gasteiger partial charge in [-0.1, -0.05) is 12.1 Å². The Morgan fingerprint density at radius 3 is 1.90 bits per heavy atom. The molecule has 0 aromatic heterocycles. The highest BCUT2D eigenvalue weighted by molar-refractivity contribution is 7.89. The molecule has 0 aliphatic rings. The number of nitrogens with one attached hydrogen (secondary N) is 1. The lowest BCUT2D eigenvalue weighted by Crippen LogP contribution is -2.42. The quantitative estimate of drug-likeness (QED) is 0.792. The van der Waals surface area contributed by atoms with Crippen molar-refractivity contribution in [1.82, 2.24) is 9.03 Å². The van der Waals surface area contributed by atoms with E-state index < -0.39 is 26.3 Å². The first kappa shape index (κ1) is 18.1. The van der Waals surface area contributed by atoms with Crippen molar-refractivity contribution < 1.29 is 16.8 Å². The van der Waals surface area contributed by atoms with Crippen LogP contribution in [0.25, 0.3) is 0 Å². The van der Waals surface area contributed by atoms with Gasteiger partial charge in [-0.05, 0) is 38.5 Å². The Labute approximate surface area is 126 Å². The first-order chi connectivity index (χ1) is 9.45. The van der Waals surface area contributed by atoms with E-state index in [1.807, 2.05) is 0 Å². The van der Waals surface area contributed by atoms with E-state index in [4.69, 9.17) is 5.14 Å². The highest BCUT2D eigenvalue weighted by Crippen LogP contribution is 2.17. The number of hydrogen-bond donors (Lipinski definition) is 2. The van der Waals surface area contributed by atoms with Gasteiger partial charge in [-0.3, -0.25) is 0 Å². The summed E-state index contributed by atoms with van der Waals surface area (Å²) in [6.45, 7) is 5.22. The third-order valence-corrected chi connectivity index (χ3v) is 5.90. The molecule has 0 fully saturated rings. The third-order valence-electron chi connectivity index (χ3n) is 3.14. The molecule has 1 atom stereocenters. The molecule has 0 saturated carbocycles. The van der Waals surface area contributed by atoms with Crippen molar-refractivity contribution in [3.63, 3.8) is 0 Å². The topological polar surface area (TPSA) is 110 Å². The second-order valence-electron chi connectivity index (χ2n) is 5.07. The summed E-state index contributed by atoms with van der Waals surface area (Å²) in [4.78, 5) is -0.0133. The molecule has 1 aromatic carbocycles. The molecule has 1 unspecified atom stereocenters. The van der Waals surface area contributed by atoms with Crippen LogP contribution in [0.2, 0.25) is 0 Å². The third kappa shape index (κ3) is 4.75. The van der Waals surface area contributed by atoms with Crippen molar-refractivity contribution in [2.75, 3.05) is 7.05 Å². The molecule has 0 radical (unpaired) electrons. The second-order valence-corrected chi connectivity index (χ2v) is 8.39. The molecule has 1 aromatic rings. The summed E-state index contributed by atoms with van der Waals surface area (Å²) in [6, 6.07) is 5.10. The van der Waals surface area contributed by atoms with E-state index in [0.29, 0.717) is 5.56 Å². The number of rotatable bonds is 6. The molecule has 0 aliphatic carbocycles. The number of hydrogen-bond acceptors (Lipinski definition) is 4. The first-order valence-electron chi connectivity index (χ1n) is 6.33. The van der Waals surface area contributed by atoms with Crippen LogP contribution in [0.5, 0.6) is 0 Å². The van der Waals surface area contributed by atoms with Crippen LogP contribution in [0, 0.1) is 0 Å². The van der Waals surface area contributed by atoms with Crippen molar-refractivity contribution >= 4 is 20.2 Å². The van der Waals surface area contributed by atoms with Gasteiger partial charge in [-0.2, -0.15) is 17.4 Å². The number of primary sulfonamides is 1. The summed E-state index contributed by atoms with van der Waals surface area (Å²) in [5, 5.41) is 5.01. The monoisotopic (exact) mass is 335 g/mol. The van der Waals surface area contributed by atoms with Crippen molar-refractivity contribution in [3.05, 3.63) is 29.8 Å². The summed E-state index contributed by atoms with van der Waals surface area (Å²) in [5.74, 6) is 0. The Morgan fingerprint density at radius 2 is 1.52 bits per heavy atom. The molecule has 0 bridgehead atoms. The summed E-state index contributed by atoms with van der Waals surface area (Å²) in [6.07, 6.45) is 0. The molecule has 21 heavy (non-hydrogen) atoms. The molecule has 7 nitrogen and oxygen atoms in total. The first-order valence-corrected chi connectivity index (χ1v) is 9.32. The summed E-state index contributed by atoms with van der Waals surface area (Å²) < 4.78 is 50.2. The average Bonchev–Trinajstić information content (AvgIpc) is 2.36. The molecule has 0 heterocycles. The Kier molecular flexibility index (Phi) is 5.51. The van der Waals surface area contributed by atoms with Crippen LogP contribution in [-0.4, -0.2) is 34.2 Å². The molecule has 0 spiro atoms. The van der Waals surface area contributed by atoms with Gasteiger partial charge < -0.3 is 0 Å².